The number of aromatic nitrogens is 1. The van der Waals surface area contributed by atoms with Gasteiger partial charge >= 0.3 is 0 Å². The second-order valence-electron chi connectivity index (χ2n) is 5.61. The molecule has 0 spiro atoms. The lowest BCUT2D eigenvalue weighted by atomic mass is 10.0. The standard InChI is InChI=1S/C15H18N2O3S/c18-15(7-1-2-8-15)11-17-21(19,20)14-5-3-4-12-10-16-9-6-13(12)14/h3-6,9-10,17-18H,1-2,7-8,11H2. The summed E-state index contributed by atoms with van der Waals surface area (Å²) in [4.78, 5) is 4.23. The first-order chi connectivity index (χ1) is 10.0. The Morgan fingerprint density at radius 1 is 1.24 bits per heavy atom. The lowest BCUT2D eigenvalue weighted by molar-refractivity contribution is 0.0532. The van der Waals surface area contributed by atoms with Crippen LogP contribution >= 0.6 is 0 Å². The van der Waals surface area contributed by atoms with Crippen molar-refractivity contribution in [3.05, 3.63) is 36.7 Å². The van der Waals surface area contributed by atoms with Gasteiger partial charge in [0.25, 0.3) is 0 Å². The molecule has 1 saturated carbocycles. The molecular weight excluding hydrogens is 288 g/mol. The van der Waals surface area contributed by atoms with E-state index >= 15 is 0 Å². The molecule has 1 aliphatic carbocycles. The zero-order valence-electron chi connectivity index (χ0n) is 11.6. The Balaban J connectivity index is 1.90. The van der Waals surface area contributed by atoms with E-state index in [-0.39, 0.29) is 11.4 Å². The Morgan fingerprint density at radius 3 is 2.76 bits per heavy atom. The predicted octanol–water partition coefficient (Wildman–Crippen LogP) is 1.82. The van der Waals surface area contributed by atoms with Crippen LogP contribution in [0.5, 0.6) is 0 Å². The highest BCUT2D eigenvalue weighted by atomic mass is 32.2. The topological polar surface area (TPSA) is 79.3 Å². The largest absolute Gasteiger partial charge is 0.389 e. The van der Waals surface area contributed by atoms with Crippen molar-refractivity contribution in [1.29, 1.82) is 0 Å². The van der Waals surface area contributed by atoms with Crippen molar-refractivity contribution in [1.82, 2.24) is 9.71 Å². The Labute approximate surface area is 124 Å². The SMILES string of the molecule is O=S(=O)(NCC1(O)CCCC1)c1cccc2cnccc12. The van der Waals surface area contributed by atoms with Crippen LogP contribution in [0.3, 0.4) is 0 Å². The molecule has 0 aliphatic heterocycles. The summed E-state index contributed by atoms with van der Waals surface area (Å²) in [5.74, 6) is 0. The van der Waals surface area contributed by atoms with Crippen LogP contribution in [-0.4, -0.2) is 30.7 Å². The lowest BCUT2D eigenvalue weighted by Gasteiger charge is -2.22. The van der Waals surface area contributed by atoms with E-state index in [0.717, 1.165) is 18.2 Å². The lowest BCUT2D eigenvalue weighted by Crippen LogP contribution is -2.40. The number of benzene rings is 1. The summed E-state index contributed by atoms with van der Waals surface area (Å²) < 4.78 is 27.6. The van der Waals surface area contributed by atoms with Crippen LogP contribution in [-0.2, 0) is 10.0 Å². The van der Waals surface area contributed by atoms with E-state index < -0.39 is 15.6 Å². The van der Waals surface area contributed by atoms with Crippen molar-refractivity contribution < 1.29 is 13.5 Å². The maximum atomic E-state index is 12.5. The number of aliphatic hydroxyl groups is 1. The molecule has 6 heteroatoms. The fraction of sp³-hybridized carbons (Fsp3) is 0.400. The summed E-state index contributed by atoms with van der Waals surface area (Å²) in [5, 5.41) is 11.7. The summed E-state index contributed by atoms with van der Waals surface area (Å²) in [7, 11) is -3.65. The molecule has 0 saturated heterocycles. The van der Waals surface area contributed by atoms with Gasteiger partial charge in [0.1, 0.15) is 0 Å². The van der Waals surface area contributed by atoms with Gasteiger partial charge in [-0.3, -0.25) is 4.98 Å². The number of rotatable bonds is 4. The summed E-state index contributed by atoms with van der Waals surface area (Å²) in [6.07, 6.45) is 6.39. The zero-order chi connectivity index (χ0) is 14.9. The van der Waals surface area contributed by atoms with Crippen LogP contribution in [0.15, 0.2) is 41.6 Å². The van der Waals surface area contributed by atoms with E-state index in [9.17, 15) is 13.5 Å². The van der Waals surface area contributed by atoms with Crippen molar-refractivity contribution >= 4 is 20.8 Å². The smallest absolute Gasteiger partial charge is 0.241 e. The van der Waals surface area contributed by atoms with Crippen LogP contribution in [0, 0.1) is 0 Å². The van der Waals surface area contributed by atoms with E-state index in [1.807, 2.05) is 6.07 Å². The first-order valence-corrected chi connectivity index (χ1v) is 8.53. The van der Waals surface area contributed by atoms with E-state index in [4.69, 9.17) is 0 Å². The molecule has 1 aromatic carbocycles. The molecule has 1 aliphatic rings. The van der Waals surface area contributed by atoms with Gasteiger partial charge < -0.3 is 5.11 Å². The summed E-state index contributed by atoms with van der Waals surface area (Å²) in [5.41, 5.74) is -0.904. The minimum absolute atomic E-state index is 0.0663. The first-order valence-electron chi connectivity index (χ1n) is 7.05. The van der Waals surface area contributed by atoms with Crippen molar-refractivity contribution in [3.8, 4) is 0 Å². The number of pyridine rings is 1. The summed E-state index contributed by atoms with van der Waals surface area (Å²) in [6, 6.07) is 6.78. The van der Waals surface area contributed by atoms with Crippen LogP contribution in [0.1, 0.15) is 25.7 Å². The third kappa shape index (κ3) is 2.92. The van der Waals surface area contributed by atoms with E-state index in [1.165, 1.54) is 0 Å². The highest BCUT2D eigenvalue weighted by Gasteiger charge is 2.32. The molecule has 1 heterocycles. The molecule has 2 N–H and O–H groups in total. The summed E-state index contributed by atoms with van der Waals surface area (Å²) in [6.45, 7) is 0.0663. The predicted molar refractivity (Wildman–Crippen MR) is 80.3 cm³/mol. The van der Waals surface area contributed by atoms with Crippen molar-refractivity contribution in [2.75, 3.05) is 6.54 Å². The molecule has 3 rings (SSSR count). The van der Waals surface area contributed by atoms with Gasteiger partial charge in [-0.05, 0) is 25.0 Å². The molecule has 1 aromatic heterocycles. The quantitative estimate of drug-likeness (QED) is 0.903. The molecule has 0 amide bonds. The van der Waals surface area contributed by atoms with E-state index in [1.54, 1.807) is 30.6 Å². The van der Waals surface area contributed by atoms with Crippen LogP contribution in [0.2, 0.25) is 0 Å². The molecule has 2 aromatic rings. The van der Waals surface area contributed by atoms with Crippen molar-refractivity contribution in [3.63, 3.8) is 0 Å². The van der Waals surface area contributed by atoms with Gasteiger partial charge in [-0.25, -0.2) is 13.1 Å². The Hall–Kier alpha value is -1.50. The molecule has 5 nitrogen and oxygen atoms in total. The highest BCUT2D eigenvalue weighted by molar-refractivity contribution is 7.89. The molecule has 0 unspecified atom stereocenters. The Morgan fingerprint density at radius 2 is 2.00 bits per heavy atom. The van der Waals surface area contributed by atoms with Gasteiger partial charge in [0.15, 0.2) is 0 Å². The molecule has 21 heavy (non-hydrogen) atoms. The molecular formula is C15H18N2O3S. The number of nitrogens with one attached hydrogen (secondary N) is 1. The second-order valence-corrected chi connectivity index (χ2v) is 7.34. The monoisotopic (exact) mass is 306 g/mol. The average Bonchev–Trinajstić information content (AvgIpc) is 2.92. The number of sulfonamides is 1. The second kappa shape index (κ2) is 5.36. The fourth-order valence-corrected chi connectivity index (χ4v) is 4.19. The summed E-state index contributed by atoms with van der Waals surface area (Å²) >= 11 is 0. The Kier molecular flexibility index (Phi) is 3.69. The number of hydrogen-bond acceptors (Lipinski definition) is 4. The number of fused-ring (bicyclic) bond motifs is 1. The molecule has 0 atom stereocenters. The molecule has 0 radical (unpaired) electrons. The van der Waals surface area contributed by atoms with Gasteiger partial charge in [-0.2, -0.15) is 0 Å². The van der Waals surface area contributed by atoms with Gasteiger partial charge in [-0.15, -0.1) is 0 Å². The number of hydrogen-bond donors (Lipinski definition) is 2. The van der Waals surface area contributed by atoms with Crippen molar-refractivity contribution in [2.24, 2.45) is 0 Å². The van der Waals surface area contributed by atoms with Gasteiger partial charge in [0.2, 0.25) is 10.0 Å². The van der Waals surface area contributed by atoms with Crippen LogP contribution < -0.4 is 4.72 Å². The molecule has 1 fully saturated rings. The van der Waals surface area contributed by atoms with Crippen LogP contribution in [0.25, 0.3) is 10.8 Å². The molecule has 0 bridgehead atoms. The minimum Gasteiger partial charge on any atom is -0.389 e. The third-order valence-electron chi connectivity index (χ3n) is 4.06. The zero-order valence-corrected chi connectivity index (χ0v) is 12.4. The van der Waals surface area contributed by atoms with E-state index in [0.29, 0.717) is 18.2 Å². The first kappa shape index (κ1) is 14.4. The maximum Gasteiger partial charge on any atom is 0.241 e. The Bertz CT molecular complexity index is 747. The van der Waals surface area contributed by atoms with Gasteiger partial charge in [0.05, 0.1) is 10.5 Å². The normalized spacial score (nSPS) is 18.1. The highest BCUT2D eigenvalue weighted by Crippen LogP contribution is 2.29. The van der Waals surface area contributed by atoms with Crippen molar-refractivity contribution in [2.45, 2.75) is 36.2 Å². The maximum absolute atomic E-state index is 12.5. The van der Waals surface area contributed by atoms with E-state index in [2.05, 4.69) is 9.71 Å². The minimum atomic E-state index is -3.65. The third-order valence-corrected chi connectivity index (χ3v) is 5.52. The van der Waals surface area contributed by atoms with Crippen LogP contribution in [0.4, 0.5) is 0 Å². The van der Waals surface area contributed by atoms with Gasteiger partial charge in [0, 0.05) is 29.7 Å². The van der Waals surface area contributed by atoms with Gasteiger partial charge in [-0.1, -0.05) is 25.0 Å². The number of nitrogens with zero attached hydrogens (tertiary/aromatic N) is 1. The average molecular weight is 306 g/mol. The fourth-order valence-electron chi connectivity index (χ4n) is 2.84. The molecule has 112 valence electrons.